The molecule has 2 amide bonds. The lowest BCUT2D eigenvalue weighted by molar-refractivity contribution is -0.138. The molecule has 43 heavy (non-hydrogen) atoms. The molecular weight excluding hydrogens is 572 g/mol. The van der Waals surface area contributed by atoms with Crippen molar-refractivity contribution in [3.8, 4) is 11.5 Å². The van der Waals surface area contributed by atoms with Gasteiger partial charge in [0.1, 0.15) is 29.7 Å². The van der Waals surface area contributed by atoms with Crippen molar-refractivity contribution in [1.29, 1.82) is 5.41 Å². The van der Waals surface area contributed by atoms with Gasteiger partial charge in [-0.2, -0.15) is 11.8 Å². The number of benzene rings is 2. The van der Waals surface area contributed by atoms with Crippen LogP contribution >= 0.6 is 11.8 Å². The minimum absolute atomic E-state index is 0.0319. The monoisotopic (exact) mass is 606 g/mol. The Morgan fingerprint density at radius 3 is 2.51 bits per heavy atom. The summed E-state index contributed by atoms with van der Waals surface area (Å²) in [7, 11) is 0. The molecular formula is C30H34N6O6S. The van der Waals surface area contributed by atoms with E-state index in [0.29, 0.717) is 53.6 Å². The average molecular weight is 607 g/mol. The molecule has 1 aromatic heterocycles. The summed E-state index contributed by atoms with van der Waals surface area (Å²) < 4.78 is 5.86. The molecule has 2 atom stereocenters. The second kappa shape index (κ2) is 15.0. The van der Waals surface area contributed by atoms with Gasteiger partial charge in [-0.3, -0.25) is 10.2 Å². The Kier molecular flexibility index (Phi) is 10.9. The average Bonchev–Trinajstić information content (AvgIpc) is 2.99. The Morgan fingerprint density at radius 2 is 1.81 bits per heavy atom. The maximum atomic E-state index is 12.9. The quantitative estimate of drug-likeness (QED) is 0.141. The molecule has 1 saturated heterocycles. The lowest BCUT2D eigenvalue weighted by atomic mass is 9.90. The van der Waals surface area contributed by atoms with Gasteiger partial charge in [-0.25, -0.2) is 19.6 Å². The number of carbonyl (C=O) groups excluding carboxylic acids is 1. The Hall–Kier alpha value is -4.65. The normalized spacial score (nSPS) is 15.3. The Morgan fingerprint density at radius 1 is 1.09 bits per heavy atom. The maximum absolute atomic E-state index is 12.9. The van der Waals surface area contributed by atoms with E-state index in [2.05, 4.69) is 9.97 Å². The van der Waals surface area contributed by atoms with E-state index in [1.165, 1.54) is 18.1 Å². The molecule has 1 fully saturated rings. The Labute approximate surface area is 253 Å². The van der Waals surface area contributed by atoms with Crippen LogP contribution in [0.15, 0.2) is 60.9 Å². The number of carboxylic acid groups (broad SMARTS) is 2. The summed E-state index contributed by atoms with van der Waals surface area (Å²) >= 11 is 1.22. The van der Waals surface area contributed by atoms with Crippen LogP contribution in [0.1, 0.15) is 36.1 Å². The van der Waals surface area contributed by atoms with Gasteiger partial charge in [-0.05, 0) is 61.6 Å². The van der Waals surface area contributed by atoms with E-state index in [4.69, 9.17) is 26.1 Å². The van der Waals surface area contributed by atoms with Gasteiger partial charge < -0.3 is 30.9 Å². The zero-order valence-corrected chi connectivity index (χ0v) is 24.3. The first-order valence-corrected chi connectivity index (χ1v) is 15.0. The molecule has 2 heterocycles. The molecule has 3 aromatic rings. The highest BCUT2D eigenvalue weighted by molar-refractivity contribution is 7.99. The summed E-state index contributed by atoms with van der Waals surface area (Å²) in [4.78, 5) is 45.3. The van der Waals surface area contributed by atoms with Gasteiger partial charge in [0.2, 0.25) is 5.91 Å². The molecule has 0 aliphatic carbocycles. The first-order chi connectivity index (χ1) is 20.7. The van der Waals surface area contributed by atoms with Crippen LogP contribution in [0.4, 0.5) is 10.6 Å². The van der Waals surface area contributed by atoms with Crippen LogP contribution < -0.4 is 15.8 Å². The summed E-state index contributed by atoms with van der Waals surface area (Å²) in [6.45, 7) is 1.16. The molecule has 0 radical (unpaired) electrons. The number of aliphatic carboxylic acids is 1. The van der Waals surface area contributed by atoms with Crippen molar-refractivity contribution in [2.45, 2.75) is 31.7 Å². The summed E-state index contributed by atoms with van der Waals surface area (Å²) in [6, 6.07) is 15.4. The molecule has 0 saturated carbocycles. The third-order valence-electron chi connectivity index (χ3n) is 7.02. The summed E-state index contributed by atoms with van der Waals surface area (Å²) in [6.07, 6.45) is 2.45. The van der Waals surface area contributed by atoms with Crippen LogP contribution in [0, 0.1) is 11.3 Å². The number of para-hydroxylation sites is 1. The van der Waals surface area contributed by atoms with E-state index in [0.717, 1.165) is 12.8 Å². The number of amides is 2. The summed E-state index contributed by atoms with van der Waals surface area (Å²) in [5.74, 6) is 0.807. The predicted molar refractivity (Wildman–Crippen MR) is 163 cm³/mol. The number of hydrogen-bond acceptors (Lipinski definition) is 9. The molecule has 6 N–H and O–H groups in total. The lowest BCUT2D eigenvalue weighted by Crippen LogP contribution is -2.42. The number of carbonyl (C=O) groups is 3. The maximum Gasteiger partial charge on any atom is 0.405 e. The highest BCUT2D eigenvalue weighted by Crippen LogP contribution is 2.27. The van der Waals surface area contributed by atoms with Gasteiger partial charge in [0.05, 0.1) is 17.0 Å². The number of anilines is 1. The minimum Gasteiger partial charge on any atom is -0.480 e. The number of carboxylic acids is 1. The van der Waals surface area contributed by atoms with Crippen molar-refractivity contribution in [2.24, 2.45) is 5.92 Å². The van der Waals surface area contributed by atoms with Gasteiger partial charge in [-0.15, -0.1) is 0 Å². The smallest absolute Gasteiger partial charge is 0.405 e. The molecule has 1 aliphatic rings. The van der Waals surface area contributed by atoms with E-state index in [1.807, 2.05) is 35.6 Å². The van der Waals surface area contributed by atoms with E-state index in [1.54, 1.807) is 29.2 Å². The number of rotatable bonds is 13. The van der Waals surface area contributed by atoms with Gasteiger partial charge >= 0.3 is 12.1 Å². The molecule has 2 unspecified atom stereocenters. The third kappa shape index (κ3) is 8.92. The molecule has 226 valence electrons. The molecule has 12 nitrogen and oxygen atoms in total. The van der Waals surface area contributed by atoms with Crippen LogP contribution in [0.5, 0.6) is 11.5 Å². The predicted octanol–water partition coefficient (Wildman–Crippen LogP) is 3.89. The standard InChI is InChI=1S/C30H34N6O6S/c31-27(20-8-10-22(11-9-20)42-21-6-2-1-3-7-21)26-23(33-18-34-28(26)32)15-19-5-4-13-36(16-19)25(37)12-14-43-17-24(29(38)39)35-30(40)41/h1-3,6-11,18-19,24,31,35H,4-5,12-17H2,(H,38,39)(H,40,41)(H2,32,33,34). The van der Waals surface area contributed by atoms with Crippen molar-refractivity contribution in [3.63, 3.8) is 0 Å². The number of likely N-dealkylation sites (tertiary alicyclic amines) is 1. The first-order valence-electron chi connectivity index (χ1n) is 13.8. The number of nitrogen functional groups attached to an aromatic ring is 1. The van der Waals surface area contributed by atoms with Crippen LogP contribution in [0.3, 0.4) is 0 Å². The van der Waals surface area contributed by atoms with Crippen molar-refractivity contribution in [1.82, 2.24) is 20.2 Å². The number of nitrogens with two attached hydrogens (primary N) is 1. The van der Waals surface area contributed by atoms with Crippen molar-refractivity contribution >= 4 is 41.3 Å². The molecule has 2 aromatic carbocycles. The van der Waals surface area contributed by atoms with Crippen molar-refractivity contribution < 1.29 is 29.3 Å². The molecule has 1 aliphatic heterocycles. The SMILES string of the molecule is N=C(c1ccc(Oc2ccccc2)cc1)c1c(N)ncnc1CC1CCCN(C(=O)CCSCC(NC(=O)O)C(=O)O)C1. The molecule has 0 bridgehead atoms. The Balaban J connectivity index is 1.35. The van der Waals surface area contributed by atoms with E-state index in [9.17, 15) is 14.4 Å². The van der Waals surface area contributed by atoms with E-state index in [-0.39, 0.29) is 35.5 Å². The number of ether oxygens (including phenoxy) is 1. The largest absolute Gasteiger partial charge is 0.480 e. The van der Waals surface area contributed by atoms with Crippen LogP contribution in [0.25, 0.3) is 0 Å². The fraction of sp³-hybridized carbons (Fsp3) is 0.333. The third-order valence-corrected chi connectivity index (χ3v) is 8.08. The van der Waals surface area contributed by atoms with Gasteiger partial charge in [-0.1, -0.05) is 18.2 Å². The second-order valence-electron chi connectivity index (χ2n) is 10.1. The van der Waals surface area contributed by atoms with E-state index >= 15 is 0 Å². The highest BCUT2D eigenvalue weighted by Gasteiger charge is 2.27. The fourth-order valence-corrected chi connectivity index (χ4v) is 5.84. The number of nitrogens with zero attached hydrogens (tertiary/aromatic N) is 3. The number of thioether (sulfide) groups is 1. The van der Waals surface area contributed by atoms with Crippen LogP contribution in [-0.2, 0) is 16.0 Å². The number of hydrogen-bond donors (Lipinski definition) is 5. The molecule has 0 spiro atoms. The van der Waals surface area contributed by atoms with Crippen molar-refractivity contribution in [2.75, 3.05) is 30.3 Å². The first kappa shape index (κ1) is 31.3. The zero-order valence-electron chi connectivity index (χ0n) is 23.4. The minimum atomic E-state index is -1.40. The number of nitrogens with one attached hydrogen (secondary N) is 2. The molecule has 4 rings (SSSR count). The number of aromatic nitrogens is 2. The second-order valence-corrected chi connectivity index (χ2v) is 11.3. The highest BCUT2D eigenvalue weighted by atomic mass is 32.2. The van der Waals surface area contributed by atoms with Gasteiger partial charge in [0, 0.05) is 36.6 Å². The van der Waals surface area contributed by atoms with E-state index < -0.39 is 18.1 Å². The fourth-order valence-electron chi connectivity index (χ4n) is 4.90. The number of piperidine rings is 1. The Bertz CT molecular complexity index is 1440. The van der Waals surface area contributed by atoms with Crippen LogP contribution in [-0.4, -0.2) is 79.4 Å². The summed E-state index contributed by atoms with van der Waals surface area (Å²) in [5.41, 5.74) is 8.23. The topological polar surface area (TPSA) is 192 Å². The van der Waals surface area contributed by atoms with Crippen molar-refractivity contribution in [3.05, 3.63) is 77.7 Å². The lowest BCUT2D eigenvalue weighted by Gasteiger charge is -2.33. The van der Waals surface area contributed by atoms with Gasteiger partial charge in [0.25, 0.3) is 0 Å². The van der Waals surface area contributed by atoms with Crippen LogP contribution in [0.2, 0.25) is 0 Å². The van der Waals surface area contributed by atoms with Gasteiger partial charge in [0.15, 0.2) is 0 Å². The summed E-state index contributed by atoms with van der Waals surface area (Å²) in [5, 5.41) is 28.8. The molecule has 13 heteroatoms. The zero-order chi connectivity index (χ0) is 30.8.